The summed E-state index contributed by atoms with van der Waals surface area (Å²) in [4.78, 5) is 45.4. The van der Waals surface area contributed by atoms with Crippen molar-refractivity contribution in [3.05, 3.63) is 66.0 Å². The summed E-state index contributed by atoms with van der Waals surface area (Å²) in [5.74, 6) is -0.191. The molecule has 2 aliphatic rings. The van der Waals surface area contributed by atoms with E-state index in [0.717, 1.165) is 11.3 Å². The summed E-state index contributed by atoms with van der Waals surface area (Å²) in [6.07, 6.45) is 3.62. The molecule has 7 heteroatoms. The number of amides is 4. The molecular formula is C22H24N4O3. The number of nitrogens with zero attached hydrogens (tertiary/aromatic N) is 3. The molecule has 2 aliphatic heterocycles. The molecular weight excluding hydrogens is 368 g/mol. The first-order valence-electron chi connectivity index (χ1n) is 9.93. The van der Waals surface area contributed by atoms with Gasteiger partial charge in [-0.25, -0.2) is 4.79 Å². The maximum atomic E-state index is 12.7. The van der Waals surface area contributed by atoms with E-state index in [1.165, 1.54) is 0 Å². The Morgan fingerprint density at radius 3 is 2.45 bits per heavy atom. The van der Waals surface area contributed by atoms with E-state index in [4.69, 9.17) is 0 Å². The van der Waals surface area contributed by atoms with Crippen LogP contribution < -0.4 is 5.32 Å². The molecule has 4 rings (SSSR count). The summed E-state index contributed by atoms with van der Waals surface area (Å²) in [5, 5.41) is 2.47. The molecule has 0 aliphatic carbocycles. The average molecular weight is 392 g/mol. The van der Waals surface area contributed by atoms with E-state index >= 15 is 0 Å². The summed E-state index contributed by atoms with van der Waals surface area (Å²) < 4.78 is 0. The van der Waals surface area contributed by atoms with Crippen molar-refractivity contribution in [3.8, 4) is 0 Å². The number of piperidine rings is 1. The van der Waals surface area contributed by atoms with Crippen molar-refractivity contribution >= 4 is 17.8 Å². The first-order valence-corrected chi connectivity index (χ1v) is 9.93. The Kier molecular flexibility index (Phi) is 5.29. The average Bonchev–Trinajstić information content (AvgIpc) is 2.98. The molecule has 2 fully saturated rings. The van der Waals surface area contributed by atoms with Gasteiger partial charge in [0.25, 0.3) is 5.91 Å². The van der Waals surface area contributed by atoms with E-state index in [-0.39, 0.29) is 17.8 Å². The Morgan fingerprint density at radius 1 is 1.03 bits per heavy atom. The second-order valence-electron chi connectivity index (χ2n) is 7.56. The van der Waals surface area contributed by atoms with Crippen LogP contribution in [0.3, 0.4) is 0 Å². The number of nitrogens with one attached hydrogen (secondary N) is 1. The number of imide groups is 1. The molecule has 1 aromatic heterocycles. The molecule has 1 aromatic carbocycles. The monoisotopic (exact) mass is 392 g/mol. The Balaban J connectivity index is 1.40. The number of aryl methyl sites for hydroxylation is 1. The van der Waals surface area contributed by atoms with Gasteiger partial charge in [0.1, 0.15) is 5.54 Å². The fourth-order valence-corrected chi connectivity index (χ4v) is 4.15. The predicted octanol–water partition coefficient (Wildman–Crippen LogP) is 2.13. The van der Waals surface area contributed by atoms with Gasteiger partial charge in [-0.05, 0) is 37.0 Å². The number of likely N-dealkylation sites (tertiary alicyclic amines) is 1. The van der Waals surface area contributed by atoms with Crippen molar-refractivity contribution in [2.24, 2.45) is 0 Å². The third-order valence-corrected chi connectivity index (χ3v) is 5.85. The number of carbonyl (C=O) groups is 3. The SMILES string of the molecule is O=C(CCc1ccccn1)N1CCC2(CC1)C(=O)NC(=O)N2Cc1ccccc1. The zero-order valence-electron chi connectivity index (χ0n) is 16.2. The minimum Gasteiger partial charge on any atom is -0.342 e. The molecule has 0 radical (unpaired) electrons. The molecule has 3 heterocycles. The van der Waals surface area contributed by atoms with Gasteiger partial charge in [0.15, 0.2) is 0 Å². The summed E-state index contributed by atoms with van der Waals surface area (Å²) in [5.41, 5.74) is 1.000. The molecule has 7 nitrogen and oxygen atoms in total. The van der Waals surface area contributed by atoms with Crippen molar-refractivity contribution < 1.29 is 14.4 Å². The Morgan fingerprint density at radius 2 is 1.76 bits per heavy atom. The summed E-state index contributed by atoms with van der Waals surface area (Å²) in [6, 6.07) is 15.0. The number of pyridine rings is 1. The Labute approximate surface area is 169 Å². The van der Waals surface area contributed by atoms with E-state index in [1.807, 2.05) is 48.5 Å². The van der Waals surface area contributed by atoms with E-state index in [1.54, 1.807) is 16.0 Å². The van der Waals surface area contributed by atoms with Crippen LogP contribution in [-0.2, 0) is 22.6 Å². The number of carbonyl (C=O) groups excluding carboxylic acids is 3. The zero-order valence-corrected chi connectivity index (χ0v) is 16.2. The molecule has 2 aromatic rings. The number of hydrogen-bond acceptors (Lipinski definition) is 4. The Bertz CT molecular complexity index is 893. The first kappa shape index (κ1) is 19.1. The molecule has 1 N–H and O–H groups in total. The fourth-order valence-electron chi connectivity index (χ4n) is 4.15. The van der Waals surface area contributed by atoms with Gasteiger partial charge in [-0.3, -0.25) is 19.9 Å². The van der Waals surface area contributed by atoms with E-state index in [0.29, 0.717) is 45.3 Å². The van der Waals surface area contributed by atoms with E-state index in [9.17, 15) is 14.4 Å². The van der Waals surface area contributed by atoms with Gasteiger partial charge in [0, 0.05) is 37.9 Å². The standard InChI is InChI=1S/C22H24N4O3/c27-19(10-9-18-8-4-5-13-23-18)25-14-11-22(12-15-25)20(28)24-21(29)26(22)16-17-6-2-1-3-7-17/h1-8,13H,9-12,14-16H2,(H,24,28,29). The summed E-state index contributed by atoms with van der Waals surface area (Å²) in [6.45, 7) is 1.31. The van der Waals surface area contributed by atoms with Gasteiger partial charge in [0.2, 0.25) is 5.91 Å². The lowest BCUT2D eigenvalue weighted by Crippen LogP contribution is -2.57. The van der Waals surface area contributed by atoms with Gasteiger partial charge in [-0.1, -0.05) is 36.4 Å². The highest BCUT2D eigenvalue weighted by Crippen LogP contribution is 2.34. The summed E-state index contributed by atoms with van der Waals surface area (Å²) >= 11 is 0. The van der Waals surface area contributed by atoms with Gasteiger partial charge >= 0.3 is 6.03 Å². The maximum Gasteiger partial charge on any atom is 0.325 e. The van der Waals surface area contributed by atoms with Crippen molar-refractivity contribution in [1.82, 2.24) is 20.1 Å². The second-order valence-corrected chi connectivity index (χ2v) is 7.56. The largest absolute Gasteiger partial charge is 0.342 e. The van der Waals surface area contributed by atoms with Gasteiger partial charge < -0.3 is 9.80 Å². The number of rotatable bonds is 5. The van der Waals surface area contributed by atoms with Crippen LogP contribution in [0.1, 0.15) is 30.5 Å². The minimum absolute atomic E-state index is 0.0600. The van der Waals surface area contributed by atoms with Gasteiger partial charge in [-0.15, -0.1) is 0 Å². The molecule has 150 valence electrons. The zero-order chi connectivity index (χ0) is 20.3. The molecule has 0 atom stereocenters. The van der Waals surface area contributed by atoms with Crippen LogP contribution in [0.2, 0.25) is 0 Å². The van der Waals surface area contributed by atoms with Crippen LogP contribution in [0, 0.1) is 0 Å². The van der Waals surface area contributed by atoms with Gasteiger partial charge in [-0.2, -0.15) is 0 Å². The third kappa shape index (κ3) is 3.85. The molecule has 4 amide bonds. The molecule has 1 spiro atoms. The smallest absolute Gasteiger partial charge is 0.325 e. The maximum absolute atomic E-state index is 12.7. The van der Waals surface area contributed by atoms with Crippen molar-refractivity contribution in [2.45, 2.75) is 37.8 Å². The quantitative estimate of drug-likeness (QED) is 0.791. The lowest BCUT2D eigenvalue weighted by atomic mass is 9.85. The van der Waals surface area contributed by atoms with Crippen molar-refractivity contribution in [2.75, 3.05) is 13.1 Å². The van der Waals surface area contributed by atoms with Crippen molar-refractivity contribution in [1.29, 1.82) is 0 Å². The first-order chi connectivity index (χ1) is 14.1. The van der Waals surface area contributed by atoms with Crippen LogP contribution in [0.15, 0.2) is 54.7 Å². The number of hydrogen-bond donors (Lipinski definition) is 1. The van der Waals surface area contributed by atoms with Crippen LogP contribution in [0.25, 0.3) is 0 Å². The fraction of sp³-hybridized carbons (Fsp3) is 0.364. The van der Waals surface area contributed by atoms with E-state index in [2.05, 4.69) is 10.3 Å². The number of urea groups is 1. The lowest BCUT2D eigenvalue weighted by Gasteiger charge is -2.42. The number of benzene rings is 1. The van der Waals surface area contributed by atoms with Crippen LogP contribution >= 0.6 is 0 Å². The summed E-state index contributed by atoms with van der Waals surface area (Å²) in [7, 11) is 0. The highest BCUT2D eigenvalue weighted by Gasteiger charge is 2.54. The minimum atomic E-state index is -0.870. The van der Waals surface area contributed by atoms with Crippen LogP contribution in [0.4, 0.5) is 4.79 Å². The number of aromatic nitrogens is 1. The van der Waals surface area contributed by atoms with Crippen LogP contribution in [0.5, 0.6) is 0 Å². The van der Waals surface area contributed by atoms with E-state index < -0.39 is 5.54 Å². The molecule has 0 unspecified atom stereocenters. The van der Waals surface area contributed by atoms with Gasteiger partial charge in [0.05, 0.1) is 0 Å². The lowest BCUT2D eigenvalue weighted by molar-refractivity contribution is -0.138. The third-order valence-electron chi connectivity index (χ3n) is 5.85. The molecule has 0 saturated carbocycles. The highest BCUT2D eigenvalue weighted by molar-refractivity contribution is 6.07. The normalized spacial score (nSPS) is 18.2. The van der Waals surface area contributed by atoms with Crippen LogP contribution in [-0.4, -0.2) is 51.3 Å². The Hall–Kier alpha value is -3.22. The molecule has 0 bridgehead atoms. The highest BCUT2D eigenvalue weighted by atomic mass is 16.2. The molecule has 2 saturated heterocycles. The topological polar surface area (TPSA) is 82.6 Å². The second kappa shape index (κ2) is 8.03. The van der Waals surface area contributed by atoms with Crippen molar-refractivity contribution in [3.63, 3.8) is 0 Å². The molecule has 29 heavy (non-hydrogen) atoms. The predicted molar refractivity (Wildman–Crippen MR) is 107 cm³/mol.